The number of anilines is 2. The van der Waals surface area contributed by atoms with Gasteiger partial charge in [-0.1, -0.05) is 48.9 Å². The molecule has 1 unspecified atom stereocenters. The van der Waals surface area contributed by atoms with Crippen molar-refractivity contribution in [2.75, 3.05) is 30.5 Å². The first-order valence-electron chi connectivity index (χ1n) is 12.7. The van der Waals surface area contributed by atoms with Crippen LogP contribution in [0.1, 0.15) is 36.9 Å². The first kappa shape index (κ1) is 26.4. The summed E-state index contributed by atoms with van der Waals surface area (Å²) < 4.78 is 20.2. The van der Waals surface area contributed by atoms with Crippen LogP contribution in [0, 0.1) is 5.82 Å². The fourth-order valence-electron chi connectivity index (χ4n) is 4.51. The SMILES string of the molecule is CCCCOc1cccc(C(O)=C2C(=O)C(=O)N(c3nc4ccc(F)cc4s3)C2c2ccc(N(C)C)cc2)c1. The van der Waals surface area contributed by atoms with Gasteiger partial charge in [-0.15, -0.1) is 0 Å². The van der Waals surface area contributed by atoms with Gasteiger partial charge in [0.2, 0.25) is 0 Å². The number of aromatic nitrogens is 1. The number of fused-ring (bicyclic) bond motifs is 1. The molecule has 0 radical (unpaired) electrons. The van der Waals surface area contributed by atoms with E-state index < -0.39 is 23.5 Å². The van der Waals surface area contributed by atoms with Crippen molar-refractivity contribution in [3.8, 4) is 5.75 Å². The topological polar surface area (TPSA) is 83.0 Å². The summed E-state index contributed by atoms with van der Waals surface area (Å²) in [6, 6.07) is 17.5. The van der Waals surface area contributed by atoms with Gasteiger partial charge in [0.05, 0.1) is 28.4 Å². The number of unbranched alkanes of at least 4 members (excludes halogenated alkanes) is 1. The molecule has 0 aliphatic carbocycles. The molecule has 3 aromatic carbocycles. The number of aliphatic hydroxyl groups is 1. The number of Topliss-reactive ketones (excluding diaryl/α,β-unsaturated/α-hetero) is 1. The van der Waals surface area contributed by atoms with E-state index in [0.29, 0.717) is 33.7 Å². The first-order valence-corrected chi connectivity index (χ1v) is 13.5. The van der Waals surface area contributed by atoms with E-state index in [9.17, 15) is 19.1 Å². The summed E-state index contributed by atoms with van der Waals surface area (Å²) in [7, 11) is 3.83. The molecule has 1 fully saturated rings. The number of hydrogen-bond acceptors (Lipinski definition) is 7. The molecule has 7 nitrogen and oxygen atoms in total. The molecule has 0 bridgehead atoms. The molecule has 1 N–H and O–H groups in total. The predicted octanol–water partition coefficient (Wildman–Crippen LogP) is 6.31. The number of carbonyl (C=O) groups is 2. The van der Waals surface area contributed by atoms with E-state index in [0.717, 1.165) is 29.9 Å². The Bertz CT molecular complexity index is 1580. The minimum Gasteiger partial charge on any atom is -0.507 e. The smallest absolute Gasteiger partial charge is 0.301 e. The minimum atomic E-state index is -0.934. The van der Waals surface area contributed by atoms with E-state index >= 15 is 0 Å². The largest absolute Gasteiger partial charge is 0.507 e. The van der Waals surface area contributed by atoms with Crippen LogP contribution in [0.2, 0.25) is 0 Å². The van der Waals surface area contributed by atoms with Gasteiger partial charge in [-0.3, -0.25) is 14.5 Å². The van der Waals surface area contributed by atoms with Crippen molar-refractivity contribution in [1.29, 1.82) is 0 Å². The van der Waals surface area contributed by atoms with Crippen LogP contribution >= 0.6 is 11.3 Å². The van der Waals surface area contributed by atoms with Gasteiger partial charge in [-0.05, 0) is 54.4 Å². The van der Waals surface area contributed by atoms with Crippen LogP contribution in [0.25, 0.3) is 16.0 Å². The Morgan fingerprint density at radius 3 is 2.59 bits per heavy atom. The molecule has 1 atom stereocenters. The maximum Gasteiger partial charge on any atom is 0.301 e. The highest BCUT2D eigenvalue weighted by Gasteiger charge is 2.48. The maximum atomic E-state index is 13.9. The Hall–Kier alpha value is -4.24. The molecule has 2 heterocycles. The monoisotopic (exact) mass is 545 g/mol. The number of nitrogens with zero attached hydrogens (tertiary/aromatic N) is 3. The molecule has 1 aromatic heterocycles. The summed E-state index contributed by atoms with van der Waals surface area (Å²) in [4.78, 5) is 34.8. The van der Waals surface area contributed by atoms with Crippen LogP contribution in [0.4, 0.5) is 15.2 Å². The van der Waals surface area contributed by atoms with Crippen molar-refractivity contribution in [3.63, 3.8) is 0 Å². The Kier molecular flexibility index (Phi) is 7.34. The number of carbonyl (C=O) groups excluding carboxylic acids is 2. The van der Waals surface area contributed by atoms with Crippen LogP contribution in [0.15, 0.2) is 72.3 Å². The van der Waals surface area contributed by atoms with E-state index in [1.54, 1.807) is 24.3 Å². The van der Waals surface area contributed by atoms with Crippen molar-refractivity contribution in [2.24, 2.45) is 0 Å². The lowest BCUT2D eigenvalue weighted by atomic mass is 9.95. The third kappa shape index (κ3) is 5.09. The van der Waals surface area contributed by atoms with Crippen molar-refractivity contribution < 1.29 is 23.8 Å². The third-order valence-electron chi connectivity index (χ3n) is 6.59. The number of halogens is 1. The van der Waals surface area contributed by atoms with E-state index in [4.69, 9.17) is 4.74 Å². The van der Waals surface area contributed by atoms with Crippen molar-refractivity contribution in [1.82, 2.24) is 4.98 Å². The highest BCUT2D eigenvalue weighted by molar-refractivity contribution is 7.22. The summed E-state index contributed by atoms with van der Waals surface area (Å²) in [5, 5.41) is 11.7. The summed E-state index contributed by atoms with van der Waals surface area (Å²) in [6.45, 7) is 2.60. The van der Waals surface area contributed by atoms with Crippen LogP contribution in [-0.2, 0) is 9.59 Å². The van der Waals surface area contributed by atoms with Crippen LogP contribution < -0.4 is 14.5 Å². The molecule has 1 saturated heterocycles. The molecular weight excluding hydrogens is 517 g/mol. The second-order valence-corrected chi connectivity index (χ2v) is 10.5. The van der Waals surface area contributed by atoms with Gasteiger partial charge in [0.25, 0.3) is 5.78 Å². The molecule has 0 spiro atoms. The second kappa shape index (κ2) is 10.9. The average molecular weight is 546 g/mol. The number of hydrogen-bond donors (Lipinski definition) is 1. The number of ether oxygens (including phenoxy) is 1. The molecule has 1 aliphatic heterocycles. The minimum absolute atomic E-state index is 0.0475. The van der Waals surface area contributed by atoms with E-state index in [1.165, 1.54) is 23.1 Å². The lowest BCUT2D eigenvalue weighted by Crippen LogP contribution is -2.29. The number of rotatable bonds is 8. The Morgan fingerprint density at radius 2 is 1.87 bits per heavy atom. The highest BCUT2D eigenvalue weighted by Crippen LogP contribution is 2.44. The Labute approximate surface area is 229 Å². The summed E-state index contributed by atoms with van der Waals surface area (Å²) >= 11 is 1.11. The normalized spacial score (nSPS) is 16.7. The van der Waals surface area contributed by atoms with Gasteiger partial charge in [0, 0.05) is 25.3 Å². The molecule has 5 rings (SSSR count). The summed E-state index contributed by atoms with van der Waals surface area (Å²) in [5.41, 5.74) is 2.39. The van der Waals surface area contributed by atoms with E-state index in [1.807, 2.05) is 43.3 Å². The molecule has 0 saturated carbocycles. The fraction of sp³-hybridized carbons (Fsp3) is 0.233. The molecule has 1 aliphatic rings. The zero-order valence-corrected chi connectivity index (χ0v) is 22.7. The quantitative estimate of drug-likeness (QED) is 0.121. The van der Waals surface area contributed by atoms with Gasteiger partial charge in [0.15, 0.2) is 5.13 Å². The van der Waals surface area contributed by atoms with Crippen LogP contribution in [-0.4, -0.2) is 42.5 Å². The molecular formula is C30H28FN3O4S. The van der Waals surface area contributed by atoms with Gasteiger partial charge in [-0.25, -0.2) is 9.37 Å². The molecule has 4 aromatic rings. The average Bonchev–Trinajstić information content (AvgIpc) is 3.46. The molecule has 1 amide bonds. The van der Waals surface area contributed by atoms with Gasteiger partial charge in [-0.2, -0.15) is 0 Å². The third-order valence-corrected chi connectivity index (χ3v) is 7.61. The fourth-order valence-corrected chi connectivity index (χ4v) is 5.53. The summed E-state index contributed by atoms with van der Waals surface area (Å²) in [5.74, 6) is -1.80. The molecule has 39 heavy (non-hydrogen) atoms. The van der Waals surface area contributed by atoms with Crippen LogP contribution in [0.3, 0.4) is 0 Å². The number of thiazole rings is 1. The standard InChI is InChI=1S/C30H28FN3O4S/c1-4-5-15-38-22-8-6-7-19(16-22)27(35)25-26(18-9-12-21(13-10-18)33(2)3)34(29(37)28(25)36)30-32-23-14-11-20(31)17-24(23)39-30/h6-14,16-17,26,35H,4-5,15H2,1-3H3. The van der Waals surface area contributed by atoms with Crippen molar-refractivity contribution in [2.45, 2.75) is 25.8 Å². The number of amides is 1. The van der Waals surface area contributed by atoms with E-state index in [2.05, 4.69) is 11.9 Å². The molecule has 9 heteroatoms. The number of ketones is 1. The first-order chi connectivity index (χ1) is 18.8. The van der Waals surface area contributed by atoms with Gasteiger partial charge in [0.1, 0.15) is 17.3 Å². The Balaban J connectivity index is 1.65. The van der Waals surface area contributed by atoms with E-state index in [-0.39, 0.29) is 16.5 Å². The van der Waals surface area contributed by atoms with Crippen molar-refractivity contribution in [3.05, 3.63) is 89.2 Å². The molecule has 200 valence electrons. The zero-order chi connectivity index (χ0) is 27.7. The van der Waals surface area contributed by atoms with Gasteiger partial charge < -0.3 is 14.7 Å². The Morgan fingerprint density at radius 1 is 1.10 bits per heavy atom. The van der Waals surface area contributed by atoms with Gasteiger partial charge >= 0.3 is 5.91 Å². The number of benzene rings is 3. The predicted molar refractivity (Wildman–Crippen MR) is 152 cm³/mol. The maximum absolute atomic E-state index is 13.9. The lowest BCUT2D eigenvalue weighted by molar-refractivity contribution is -0.132. The lowest BCUT2D eigenvalue weighted by Gasteiger charge is -2.23. The summed E-state index contributed by atoms with van der Waals surface area (Å²) in [6.07, 6.45) is 1.87. The van der Waals surface area contributed by atoms with Crippen molar-refractivity contribution >= 4 is 49.8 Å². The number of aliphatic hydroxyl groups excluding tert-OH is 1. The zero-order valence-electron chi connectivity index (χ0n) is 21.8. The van der Waals surface area contributed by atoms with Crippen LogP contribution in [0.5, 0.6) is 5.75 Å². The second-order valence-electron chi connectivity index (χ2n) is 9.49. The highest BCUT2D eigenvalue weighted by atomic mass is 32.1.